The highest BCUT2D eigenvalue weighted by molar-refractivity contribution is 5.81. The summed E-state index contributed by atoms with van der Waals surface area (Å²) >= 11 is 0. The third kappa shape index (κ3) is 2.66. The van der Waals surface area contributed by atoms with Crippen molar-refractivity contribution in [3.8, 4) is 0 Å². The number of carbonyl (C=O) groups excluding carboxylic acids is 2. The van der Waals surface area contributed by atoms with Crippen LogP contribution in [0.4, 0.5) is 0 Å². The van der Waals surface area contributed by atoms with Gasteiger partial charge < -0.3 is 10.2 Å². The van der Waals surface area contributed by atoms with E-state index in [1.54, 1.807) is 12.4 Å². The predicted octanol–water partition coefficient (Wildman–Crippen LogP) is 0.894. The highest BCUT2D eigenvalue weighted by Crippen LogP contribution is 2.29. The van der Waals surface area contributed by atoms with Crippen molar-refractivity contribution in [2.24, 2.45) is 0 Å². The maximum atomic E-state index is 12.5. The highest BCUT2D eigenvalue weighted by Gasteiger charge is 2.39. The van der Waals surface area contributed by atoms with E-state index in [2.05, 4.69) is 10.3 Å². The summed E-state index contributed by atoms with van der Waals surface area (Å²) in [6.45, 7) is 0.607. The van der Waals surface area contributed by atoms with Crippen LogP contribution in [0.2, 0.25) is 0 Å². The number of nitrogens with zero attached hydrogens (tertiary/aromatic N) is 2. The van der Waals surface area contributed by atoms with Crippen LogP contribution >= 0.6 is 0 Å². The minimum atomic E-state index is 0.0733. The molecule has 0 aromatic carbocycles. The van der Waals surface area contributed by atoms with Gasteiger partial charge in [0.05, 0.1) is 0 Å². The molecule has 2 aliphatic heterocycles. The van der Waals surface area contributed by atoms with Gasteiger partial charge in [-0.2, -0.15) is 0 Å². The fraction of sp³-hybridized carbons (Fsp3) is 0.533. The minimum Gasteiger partial charge on any atom is -0.354 e. The van der Waals surface area contributed by atoms with Crippen LogP contribution in [0.1, 0.15) is 31.2 Å². The Labute approximate surface area is 118 Å². The first-order valence-corrected chi connectivity index (χ1v) is 7.21. The first-order chi connectivity index (χ1) is 9.74. The number of aromatic nitrogens is 1. The fourth-order valence-electron chi connectivity index (χ4n) is 3.22. The molecule has 0 unspecified atom stereocenters. The standard InChI is InChI=1S/C15H19N3O2/c19-14-9-12-2-3-13(10-17-14)18(12)15(20)4-1-11-5-7-16-8-6-11/h5-8,12-13H,1-4,9-10H2,(H,17,19)/t12-,13+/m1/s1. The largest absolute Gasteiger partial charge is 0.354 e. The summed E-state index contributed by atoms with van der Waals surface area (Å²) in [5, 5.41) is 2.89. The molecule has 5 nitrogen and oxygen atoms in total. The highest BCUT2D eigenvalue weighted by atomic mass is 16.2. The molecule has 0 radical (unpaired) electrons. The molecule has 2 bridgehead atoms. The van der Waals surface area contributed by atoms with Crippen LogP contribution in [0, 0.1) is 0 Å². The summed E-state index contributed by atoms with van der Waals surface area (Å²) in [4.78, 5) is 30.0. The molecule has 0 spiro atoms. The predicted molar refractivity (Wildman–Crippen MR) is 73.8 cm³/mol. The van der Waals surface area contributed by atoms with Crippen LogP contribution in [0.15, 0.2) is 24.5 Å². The number of fused-ring (bicyclic) bond motifs is 2. The molecule has 0 saturated carbocycles. The van der Waals surface area contributed by atoms with Crippen LogP contribution in [0.25, 0.3) is 0 Å². The van der Waals surface area contributed by atoms with E-state index < -0.39 is 0 Å². The van der Waals surface area contributed by atoms with Gasteiger partial charge in [0, 0.05) is 43.9 Å². The zero-order chi connectivity index (χ0) is 13.9. The van der Waals surface area contributed by atoms with Crippen LogP contribution in [0.3, 0.4) is 0 Å². The lowest BCUT2D eigenvalue weighted by Crippen LogP contribution is -2.42. The van der Waals surface area contributed by atoms with E-state index in [1.165, 1.54) is 0 Å². The van der Waals surface area contributed by atoms with Gasteiger partial charge in [-0.15, -0.1) is 0 Å². The van der Waals surface area contributed by atoms with Crippen molar-refractivity contribution in [1.29, 1.82) is 0 Å². The zero-order valence-corrected chi connectivity index (χ0v) is 11.4. The van der Waals surface area contributed by atoms with Gasteiger partial charge in [-0.1, -0.05) is 0 Å². The van der Waals surface area contributed by atoms with Crippen molar-refractivity contribution in [3.05, 3.63) is 30.1 Å². The molecular weight excluding hydrogens is 254 g/mol. The lowest BCUT2D eigenvalue weighted by atomic mass is 10.1. The molecule has 3 heterocycles. The average molecular weight is 273 g/mol. The molecule has 20 heavy (non-hydrogen) atoms. The molecule has 2 saturated heterocycles. The van der Waals surface area contributed by atoms with Crippen LogP contribution in [0.5, 0.6) is 0 Å². The molecule has 5 heteroatoms. The first kappa shape index (κ1) is 13.1. The van der Waals surface area contributed by atoms with Crippen molar-refractivity contribution in [1.82, 2.24) is 15.2 Å². The molecule has 2 atom stereocenters. The summed E-state index contributed by atoms with van der Waals surface area (Å²) in [6.07, 6.45) is 7.16. The molecule has 106 valence electrons. The summed E-state index contributed by atoms with van der Waals surface area (Å²) in [5.41, 5.74) is 1.13. The van der Waals surface area contributed by atoms with Gasteiger partial charge in [0.15, 0.2) is 0 Å². The fourth-order valence-corrected chi connectivity index (χ4v) is 3.22. The lowest BCUT2D eigenvalue weighted by molar-refractivity contribution is -0.133. The number of hydrogen-bond donors (Lipinski definition) is 1. The Kier molecular flexibility index (Phi) is 3.67. The molecule has 2 fully saturated rings. The van der Waals surface area contributed by atoms with Gasteiger partial charge in [-0.25, -0.2) is 0 Å². The van der Waals surface area contributed by atoms with Crippen LogP contribution in [-0.2, 0) is 16.0 Å². The zero-order valence-electron chi connectivity index (χ0n) is 11.4. The number of rotatable bonds is 3. The van der Waals surface area contributed by atoms with E-state index in [9.17, 15) is 9.59 Å². The van der Waals surface area contributed by atoms with E-state index in [4.69, 9.17) is 0 Å². The Morgan fingerprint density at radius 2 is 2.05 bits per heavy atom. The Hall–Kier alpha value is -1.91. The maximum absolute atomic E-state index is 12.5. The number of amides is 2. The Morgan fingerprint density at radius 1 is 1.30 bits per heavy atom. The van der Waals surface area contributed by atoms with Crippen LogP contribution < -0.4 is 5.32 Å². The molecule has 0 aliphatic carbocycles. The van der Waals surface area contributed by atoms with Crippen molar-refractivity contribution in [2.45, 2.75) is 44.2 Å². The molecule has 2 amide bonds. The van der Waals surface area contributed by atoms with E-state index in [1.807, 2.05) is 17.0 Å². The lowest BCUT2D eigenvalue weighted by Gasteiger charge is -2.27. The van der Waals surface area contributed by atoms with E-state index >= 15 is 0 Å². The average Bonchev–Trinajstić information content (AvgIpc) is 2.77. The quantitative estimate of drug-likeness (QED) is 0.890. The van der Waals surface area contributed by atoms with Gasteiger partial charge >= 0.3 is 0 Å². The summed E-state index contributed by atoms with van der Waals surface area (Å²) < 4.78 is 0. The number of pyridine rings is 1. The summed E-state index contributed by atoms with van der Waals surface area (Å²) in [5.74, 6) is 0.245. The first-order valence-electron chi connectivity index (χ1n) is 7.21. The third-order valence-corrected chi connectivity index (χ3v) is 4.24. The molecule has 3 rings (SSSR count). The third-order valence-electron chi connectivity index (χ3n) is 4.24. The molecule has 1 aromatic heterocycles. The van der Waals surface area contributed by atoms with Gasteiger partial charge in [0.2, 0.25) is 11.8 Å². The normalized spacial score (nSPS) is 25.2. The Morgan fingerprint density at radius 3 is 2.85 bits per heavy atom. The van der Waals surface area contributed by atoms with Crippen molar-refractivity contribution >= 4 is 11.8 Å². The van der Waals surface area contributed by atoms with Crippen LogP contribution in [-0.4, -0.2) is 40.3 Å². The summed E-state index contributed by atoms with van der Waals surface area (Å²) in [6, 6.07) is 4.17. The van der Waals surface area contributed by atoms with Crippen molar-refractivity contribution in [2.75, 3.05) is 6.54 Å². The van der Waals surface area contributed by atoms with E-state index in [0.717, 1.165) is 24.8 Å². The second kappa shape index (κ2) is 5.61. The number of nitrogens with one attached hydrogen (secondary N) is 1. The van der Waals surface area contributed by atoms with Crippen molar-refractivity contribution < 1.29 is 9.59 Å². The topological polar surface area (TPSA) is 62.3 Å². The number of carbonyl (C=O) groups is 2. The number of hydrogen-bond acceptors (Lipinski definition) is 3. The Balaban J connectivity index is 1.63. The maximum Gasteiger partial charge on any atom is 0.223 e. The second-order valence-corrected chi connectivity index (χ2v) is 5.55. The molecular formula is C15H19N3O2. The second-order valence-electron chi connectivity index (χ2n) is 5.55. The van der Waals surface area contributed by atoms with Gasteiger partial charge in [-0.05, 0) is 37.0 Å². The van der Waals surface area contributed by atoms with Gasteiger partial charge in [-0.3, -0.25) is 14.6 Å². The minimum absolute atomic E-state index is 0.0733. The smallest absolute Gasteiger partial charge is 0.223 e. The molecule has 2 aliphatic rings. The number of aryl methyl sites for hydroxylation is 1. The Bertz CT molecular complexity index is 503. The van der Waals surface area contributed by atoms with Crippen molar-refractivity contribution in [3.63, 3.8) is 0 Å². The monoisotopic (exact) mass is 273 g/mol. The molecule has 1 N–H and O–H groups in total. The van der Waals surface area contributed by atoms with Gasteiger partial charge in [0.25, 0.3) is 0 Å². The summed E-state index contributed by atoms with van der Waals surface area (Å²) in [7, 11) is 0. The van der Waals surface area contributed by atoms with E-state index in [-0.39, 0.29) is 23.9 Å². The van der Waals surface area contributed by atoms with Gasteiger partial charge in [0.1, 0.15) is 0 Å². The molecule has 1 aromatic rings. The van der Waals surface area contributed by atoms with E-state index in [0.29, 0.717) is 19.4 Å². The SMILES string of the molecule is O=C1C[C@H]2CC[C@@H](CN1)N2C(=O)CCc1ccncc1.